The predicted octanol–water partition coefficient (Wildman–Crippen LogP) is 2.44. The number of halogens is 1. The fourth-order valence-electron chi connectivity index (χ4n) is 1.90. The molecule has 0 N–H and O–H groups in total. The van der Waals surface area contributed by atoms with Crippen LogP contribution in [0.4, 0.5) is 4.39 Å². The minimum Gasteiger partial charge on any atom is -0.462 e. The Morgan fingerprint density at radius 1 is 1.47 bits per heavy atom. The van der Waals surface area contributed by atoms with Crippen molar-refractivity contribution >= 4 is 5.97 Å². The lowest BCUT2D eigenvalue weighted by molar-refractivity contribution is -0.181. The van der Waals surface area contributed by atoms with Crippen LogP contribution in [0.25, 0.3) is 0 Å². The summed E-state index contributed by atoms with van der Waals surface area (Å²) < 4.78 is 22.9. The average molecular weight is 218 g/mol. The Morgan fingerprint density at radius 3 is 2.73 bits per heavy atom. The van der Waals surface area contributed by atoms with E-state index in [1.54, 1.807) is 6.92 Å². The van der Waals surface area contributed by atoms with E-state index in [1.165, 1.54) is 0 Å². The molecule has 0 aromatic heterocycles. The molecule has 4 heteroatoms. The fourth-order valence-corrected chi connectivity index (χ4v) is 1.90. The highest BCUT2D eigenvalue weighted by Gasteiger charge is 2.29. The van der Waals surface area contributed by atoms with Crippen molar-refractivity contribution in [2.45, 2.75) is 52.0 Å². The van der Waals surface area contributed by atoms with Crippen LogP contribution in [-0.4, -0.2) is 25.0 Å². The second-order valence-corrected chi connectivity index (χ2v) is 4.00. The molecule has 88 valence electrons. The largest absolute Gasteiger partial charge is 0.462 e. The number of ether oxygens (including phenoxy) is 2. The van der Waals surface area contributed by atoms with Gasteiger partial charge in [-0.05, 0) is 25.7 Å². The smallest absolute Gasteiger partial charge is 0.368 e. The molecule has 3 unspecified atom stereocenters. The Labute approximate surface area is 89.9 Å². The number of esters is 1. The highest BCUT2D eigenvalue weighted by Crippen LogP contribution is 2.27. The van der Waals surface area contributed by atoms with Crippen molar-refractivity contribution in [2.24, 2.45) is 5.92 Å². The standard InChI is InChI=1S/C11H19FO3/c1-3-14-11(13)10(12)15-9-7-5-4-6-8(9)2/h8-10H,3-7H2,1-2H3. The molecule has 1 rings (SSSR count). The maximum Gasteiger partial charge on any atom is 0.368 e. The molecule has 0 amide bonds. The SMILES string of the molecule is CCOC(=O)C(F)OC1CCCCC1C. The van der Waals surface area contributed by atoms with Crippen LogP contribution in [0.1, 0.15) is 39.5 Å². The Balaban J connectivity index is 2.35. The molecule has 3 nitrogen and oxygen atoms in total. The third kappa shape index (κ3) is 3.78. The molecule has 15 heavy (non-hydrogen) atoms. The summed E-state index contributed by atoms with van der Waals surface area (Å²) in [5, 5.41) is 0. The van der Waals surface area contributed by atoms with Crippen LogP contribution in [0.2, 0.25) is 0 Å². The Hall–Kier alpha value is -0.640. The number of hydrogen-bond acceptors (Lipinski definition) is 3. The lowest BCUT2D eigenvalue weighted by atomic mass is 9.88. The van der Waals surface area contributed by atoms with Crippen molar-refractivity contribution < 1.29 is 18.7 Å². The summed E-state index contributed by atoms with van der Waals surface area (Å²) in [5.74, 6) is -0.582. The van der Waals surface area contributed by atoms with Crippen molar-refractivity contribution in [3.63, 3.8) is 0 Å². The van der Waals surface area contributed by atoms with E-state index in [2.05, 4.69) is 4.74 Å². The predicted molar refractivity (Wildman–Crippen MR) is 54.0 cm³/mol. The summed E-state index contributed by atoms with van der Waals surface area (Å²) in [7, 11) is 0. The minimum absolute atomic E-state index is 0.141. The van der Waals surface area contributed by atoms with Gasteiger partial charge in [-0.15, -0.1) is 0 Å². The maximum absolute atomic E-state index is 13.2. The van der Waals surface area contributed by atoms with Gasteiger partial charge in [-0.25, -0.2) is 9.18 Å². The Kier molecular flexibility index (Phi) is 5.02. The second-order valence-electron chi connectivity index (χ2n) is 4.00. The lowest BCUT2D eigenvalue weighted by Crippen LogP contribution is -2.33. The number of alkyl halides is 1. The summed E-state index contributed by atoms with van der Waals surface area (Å²) in [6.45, 7) is 3.86. The molecule has 0 spiro atoms. The molecule has 0 aliphatic heterocycles. The van der Waals surface area contributed by atoms with Gasteiger partial charge in [0, 0.05) is 0 Å². The lowest BCUT2D eigenvalue weighted by Gasteiger charge is -2.29. The van der Waals surface area contributed by atoms with Gasteiger partial charge in [-0.3, -0.25) is 0 Å². The minimum atomic E-state index is -1.92. The van der Waals surface area contributed by atoms with E-state index in [9.17, 15) is 9.18 Å². The highest BCUT2D eigenvalue weighted by molar-refractivity contribution is 5.72. The molecular weight excluding hydrogens is 199 g/mol. The van der Waals surface area contributed by atoms with Gasteiger partial charge in [0.25, 0.3) is 6.36 Å². The van der Waals surface area contributed by atoms with E-state index < -0.39 is 12.3 Å². The van der Waals surface area contributed by atoms with Crippen molar-refractivity contribution in [1.29, 1.82) is 0 Å². The van der Waals surface area contributed by atoms with E-state index in [0.717, 1.165) is 25.7 Å². The first-order valence-corrected chi connectivity index (χ1v) is 5.61. The molecule has 0 saturated heterocycles. The molecule has 1 aliphatic rings. The van der Waals surface area contributed by atoms with Gasteiger partial charge in [0.05, 0.1) is 12.7 Å². The number of hydrogen-bond donors (Lipinski definition) is 0. The zero-order valence-electron chi connectivity index (χ0n) is 9.37. The summed E-state index contributed by atoms with van der Waals surface area (Å²) in [6, 6.07) is 0. The van der Waals surface area contributed by atoms with Gasteiger partial charge in [-0.1, -0.05) is 19.8 Å². The van der Waals surface area contributed by atoms with E-state index >= 15 is 0 Å². The van der Waals surface area contributed by atoms with Gasteiger partial charge in [0.2, 0.25) is 0 Å². The second kappa shape index (κ2) is 6.05. The fraction of sp³-hybridized carbons (Fsp3) is 0.909. The monoisotopic (exact) mass is 218 g/mol. The number of carbonyl (C=O) groups is 1. The van der Waals surface area contributed by atoms with E-state index in [-0.39, 0.29) is 12.7 Å². The first-order chi connectivity index (χ1) is 7.15. The quantitative estimate of drug-likeness (QED) is 0.680. The van der Waals surface area contributed by atoms with Crippen molar-refractivity contribution in [3.05, 3.63) is 0 Å². The average Bonchev–Trinajstić information content (AvgIpc) is 2.21. The zero-order valence-corrected chi connectivity index (χ0v) is 9.37. The van der Waals surface area contributed by atoms with E-state index in [1.807, 2.05) is 6.92 Å². The molecule has 0 radical (unpaired) electrons. The molecule has 0 heterocycles. The molecule has 1 fully saturated rings. The van der Waals surface area contributed by atoms with E-state index in [0.29, 0.717) is 5.92 Å². The highest BCUT2D eigenvalue weighted by atomic mass is 19.1. The molecule has 0 aromatic rings. The third-order valence-electron chi connectivity index (χ3n) is 2.80. The van der Waals surface area contributed by atoms with Crippen LogP contribution >= 0.6 is 0 Å². The molecular formula is C11H19FO3. The molecule has 1 saturated carbocycles. The number of rotatable bonds is 4. The van der Waals surface area contributed by atoms with Gasteiger partial charge < -0.3 is 9.47 Å². The van der Waals surface area contributed by atoms with Crippen LogP contribution in [-0.2, 0) is 14.3 Å². The zero-order chi connectivity index (χ0) is 11.3. The summed E-state index contributed by atoms with van der Waals surface area (Å²) in [4.78, 5) is 11.0. The first kappa shape index (κ1) is 12.4. The number of carbonyl (C=O) groups excluding carboxylic acids is 1. The van der Waals surface area contributed by atoms with Gasteiger partial charge in [0.1, 0.15) is 0 Å². The Morgan fingerprint density at radius 2 is 2.13 bits per heavy atom. The van der Waals surface area contributed by atoms with Gasteiger partial charge in [0.15, 0.2) is 0 Å². The van der Waals surface area contributed by atoms with Crippen molar-refractivity contribution in [3.8, 4) is 0 Å². The topological polar surface area (TPSA) is 35.5 Å². The van der Waals surface area contributed by atoms with Crippen LogP contribution in [0.5, 0.6) is 0 Å². The third-order valence-corrected chi connectivity index (χ3v) is 2.80. The van der Waals surface area contributed by atoms with Crippen LogP contribution in [0, 0.1) is 5.92 Å². The summed E-state index contributed by atoms with van der Waals surface area (Å²) >= 11 is 0. The van der Waals surface area contributed by atoms with Crippen LogP contribution < -0.4 is 0 Å². The van der Waals surface area contributed by atoms with E-state index in [4.69, 9.17) is 4.74 Å². The van der Waals surface area contributed by atoms with Crippen molar-refractivity contribution in [1.82, 2.24) is 0 Å². The maximum atomic E-state index is 13.2. The van der Waals surface area contributed by atoms with Crippen LogP contribution in [0.3, 0.4) is 0 Å². The summed E-state index contributed by atoms with van der Waals surface area (Å²) in [6.07, 6.45) is 2.03. The first-order valence-electron chi connectivity index (χ1n) is 5.61. The molecule has 0 bridgehead atoms. The van der Waals surface area contributed by atoms with Crippen molar-refractivity contribution in [2.75, 3.05) is 6.61 Å². The van der Waals surface area contributed by atoms with Gasteiger partial charge in [-0.2, -0.15) is 0 Å². The Bertz CT molecular complexity index is 208. The normalized spacial score (nSPS) is 28.5. The molecule has 3 atom stereocenters. The molecule has 1 aliphatic carbocycles. The summed E-state index contributed by atoms with van der Waals surface area (Å²) in [5.41, 5.74) is 0. The van der Waals surface area contributed by atoms with Crippen LogP contribution in [0.15, 0.2) is 0 Å². The molecule has 0 aromatic carbocycles. The van der Waals surface area contributed by atoms with Gasteiger partial charge >= 0.3 is 5.97 Å².